The van der Waals surface area contributed by atoms with E-state index in [2.05, 4.69) is 24.8 Å². The highest BCUT2D eigenvalue weighted by atomic mass is 16.2. The fourth-order valence-corrected chi connectivity index (χ4v) is 3.46. The number of pyridine rings is 1. The first kappa shape index (κ1) is 17.2. The molecule has 0 saturated carbocycles. The molecule has 1 fully saturated rings. The number of nitrogens with zero attached hydrogens (tertiary/aromatic N) is 4. The zero-order valence-corrected chi connectivity index (χ0v) is 14.9. The molecule has 130 valence electrons. The zero-order chi connectivity index (χ0) is 17.8. The lowest BCUT2D eigenvalue weighted by Crippen LogP contribution is -2.50. The van der Waals surface area contributed by atoms with Crippen LogP contribution in [0.4, 0.5) is 5.82 Å². The van der Waals surface area contributed by atoms with Crippen molar-refractivity contribution in [2.45, 2.75) is 26.7 Å². The maximum Gasteiger partial charge on any atom is 0.225 e. The highest BCUT2D eigenvalue weighted by molar-refractivity contribution is 5.83. The van der Waals surface area contributed by atoms with E-state index in [1.807, 2.05) is 35.2 Å². The second-order valence-corrected chi connectivity index (χ2v) is 6.49. The monoisotopic (exact) mass is 336 g/mol. The van der Waals surface area contributed by atoms with Crippen LogP contribution in [0.25, 0.3) is 10.9 Å². The minimum absolute atomic E-state index is 0.125. The van der Waals surface area contributed by atoms with Gasteiger partial charge < -0.3 is 9.80 Å². The Morgan fingerprint density at radius 1 is 1.20 bits per heavy atom. The molecule has 0 radical (unpaired) electrons. The number of anilines is 1. The molecule has 1 aliphatic heterocycles. The van der Waals surface area contributed by atoms with E-state index in [1.165, 1.54) is 0 Å². The summed E-state index contributed by atoms with van der Waals surface area (Å²) in [7, 11) is 0. The van der Waals surface area contributed by atoms with Gasteiger partial charge in [-0.1, -0.05) is 32.0 Å². The quantitative estimate of drug-likeness (QED) is 0.860. The Balaban J connectivity index is 1.78. The van der Waals surface area contributed by atoms with Gasteiger partial charge in [0.1, 0.15) is 11.9 Å². The molecule has 1 aromatic heterocycles. The molecule has 2 heterocycles. The third-order valence-electron chi connectivity index (χ3n) is 5.05. The van der Waals surface area contributed by atoms with Crippen molar-refractivity contribution < 1.29 is 4.79 Å². The molecule has 0 N–H and O–H groups in total. The summed E-state index contributed by atoms with van der Waals surface area (Å²) >= 11 is 0. The largest absolute Gasteiger partial charge is 0.352 e. The third kappa shape index (κ3) is 3.43. The van der Waals surface area contributed by atoms with Crippen LogP contribution in [0.5, 0.6) is 0 Å². The van der Waals surface area contributed by atoms with Crippen LogP contribution in [0.3, 0.4) is 0 Å². The molecule has 25 heavy (non-hydrogen) atoms. The summed E-state index contributed by atoms with van der Waals surface area (Å²) in [5.41, 5.74) is 1.49. The molecular weight excluding hydrogens is 312 g/mol. The Labute approximate surface area is 148 Å². The summed E-state index contributed by atoms with van der Waals surface area (Å²) in [4.78, 5) is 21.3. The van der Waals surface area contributed by atoms with Crippen molar-refractivity contribution in [1.82, 2.24) is 9.88 Å². The van der Waals surface area contributed by atoms with Gasteiger partial charge in [0.15, 0.2) is 0 Å². The van der Waals surface area contributed by atoms with Crippen LogP contribution in [0.15, 0.2) is 30.3 Å². The number of piperazine rings is 1. The first-order chi connectivity index (χ1) is 12.2. The number of carbonyl (C=O) groups excluding carboxylic acids is 1. The summed E-state index contributed by atoms with van der Waals surface area (Å²) in [5.74, 6) is 1.12. The van der Waals surface area contributed by atoms with Crippen LogP contribution in [0.1, 0.15) is 32.3 Å². The van der Waals surface area contributed by atoms with Gasteiger partial charge in [-0.05, 0) is 25.0 Å². The van der Waals surface area contributed by atoms with Crippen LogP contribution in [0, 0.1) is 17.2 Å². The fraction of sp³-hybridized carbons (Fsp3) is 0.450. The normalized spacial score (nSPS) is 14.8. The Hall–Kier alpha value is -2.61. The van der Waals surface area contributed by atoms with Gasteiger partial charge >= 0.3 is 0 Å². The Morgan fingerprint density at radius 3 is 2.52 bits per heavy atom. The Kier molecular flexibility index (Phi) is 5.18. The number of para-hydroxylation sites is 1. The number of rotatable bonds is 4. The van der Waals surface area contributed by atoms with Crippen LogP contribution in [-0.4, -0.2) is 42.0 Å². The zero-order valence-electron chi connectivity index (χ0n) is 14.9. The summed E-state index contributed by atoms with van der Waals surface area (Å²) in [6, 6.07) is 12.0. The number of aromatic nitrogens is 1. The summed E-state index contributed by atoms with van der Waals surface area (Å²) in [6.07, 6.45) is 1.78. The maximum atomic E-state index is 12.5. The standard InChI is InChI=1S/C20H24N4O/c1-3-15(4-2)20(25)24-11-9-23(10-12-24)19-17(14-21)13-16-7-5-6-8-18(16)22-19/h5-8,13,15H,3-4,9-12H2,1-2H3. The lowest BCUT2D eigenvalue weighted by atomic mass is 10.0. The van der Waals surface area contributed by atoms with Crippen molar-refractivity contribution in [2.24, 2.45) is 5.92 Å². The van der Waals surface area contributed by atoms with E-state index in [0.29, 0.717) is 31.7 Å². The van der Waals surface area contributed by atoms with E-state index >= 15 is 0 Å². The number of carbonyl (C=O) groups is 1. The molecule has 2 aromatic rings. The minimum Gasteiger partial charge on any atom is -0.352 e. The van der Waals surface area contributed by atoms with E-state index in [1.54, 1.807) is 0 Å². The maximum absolute atomic E-state index is 12.5. The first-order valence-electron chi connectivity index (χ1n) is 9.01. The Bertz CT molecular complexity index is 799. The van der Waals surface area contributed by atoms with Gasteiger partial charge in [-0.2, -0.15) is 5.26 Å². The highest BCUT2D eigenvalue weighted by Crippen LogP contribution is 2.24. The lowest BCUT2D eigenvalue weighted by Gasteiger charge is -2.37. The SMILES string of the molecule is CCC(CC)C(=O)N1CCN(c2nc3ccccc3cc2C#N)CC1. The van der Waals surface area contributed by atoms with Crippen molar-refractivity contribution in [3.63, 3.8) is 0 Å². The number of fused-ring (bicyclic) bond motifs is 1. The van der Waals surface area contributed by atoms with E-state index in [0.717, 1.165) is 29.6 Å². The van der Waals surface area contributed by atoms with Gasteiger partial charge in [0, 0.05) is 37.5 Å². The second-order valence-electron chi connectivity index (χ2n) is 6.49. The van der Waals surface area contributed by atoms with Gasteiger partial charge in [0.2, 0.25) is 5.91 Å². The van der Waals surface area contributed by atoms with E-state index < -0.39 is 0 Å². The molecule has 1 saturated heterocycles. The number of hydrogen-bond donors (Lipinski definition) is 0. The molecule has 5 heteroatoms. The molecule has 1 amide bonds. The highest BCUT2D eigenvalue weighted by Gasteiger charge is 2.27. The molecule has 0 spiro atoms. The van der Waals surface area contributed by atoms with Crippen molar-refractivity contribution in [1.29, 1.82) is 5.26 Å². The van der Waals surface area contributed by atoms with E-state index in [4.69, 9.17) is 4.98 Å². The molecular formula is C20H24N4O. The molecule has 0 aliphatic carbocycles. The predicted molar refractivity (Wildman–Crippen MR) is 99.3 cm³/mol. The van der Waals surface area contributed by atoms with Crippen molar-refractivity contribution in [3.8, 4) is 6.07 Å². The summed E-state index contributed by atoms with van der Waals surface area (Å²) in [5, 5.41) is 10.5. The smallest absolute Gasteiger partial charge is 0.225 e. The number of nitriles is 1. The molecule has 0 bridgehead atoms. The van der Waals surface area contributed by atoms with Crippen molar-refractivity contribution >= 4 is 22.6 Å². The van der Waals surface area contributed by atoms with Gasteiger partial charge in [0.05, 0.1) is 11.1 Å². The van der Waals surface area contributed by atoms with Crippen LogP contribution >= 0.6 is 0 Å². The fourth-order valence-electron chi connectivity index (χ4n) is 3.46. The molecule has 0 unspecified atom stereocenters. The molecule has 3 rings (SSSR count). The van der Waals surface area contributed by atoms with Gasteiger partial charge in [-0.3, -0.25) is 4.79 Å². The average Bonchev–Trinajstić information content (AvgIpc) is 2.68. The van der Waals surface area contributed by atoms with Gasteiger partial charge in [-0.15, -0.1) is 0 Å². The second kappa shape index (κ2) is 7.52. The molecule has 1 aliphatic rings. The minimum atomic E-state index is 0.125. The van der Waals surface area contributed by atoms with Crippen LogP contribution < -0.4 is 4.90 Å². The van der Waals surface area contributed by atoms with Crippen LogP contribution in [0.2, 0.25) is 0 Å². The summed E-state index contributed by atoms with van der Waals surface area (Å²) < 4.78 is 0. The molecule has 0 atom stereocenters. The van der Waals surface area contributed by atoms with E-state index in [9.17, 15) is 10.1 Å². The number of benzene rings is 1. The van der Waals surface area contributed by atoms with Crippen molar-refractivity contribution in [2.75, 3.05) is 31.1 Å². The van der Waals surface area contributed by atoms with E-state index in [-0.39, 0.29) is 11.8 Å². The van der Waals surface area contributed by atoms with Gasteiger partial charge in [-0.25, -0.2) is 4.98 Å². The number of hydrogen-bond acceptors (Lipinski definition) is 4. The number of amides is 1. The topological polar surface area (TPSA) is 60.2 Å². The molecule has 1 aromatic carbocycles. The van der Waals surface area contributed by atoms with Gasteiger partial charge in [0.25, 0.3) is 0 Å². The third-order valence-corrected chi connectivity index (χ3v) is 5.05. The molecule has 5 nitrogen and oxygen atoms in total. The summed E-state index contributed by atoms with van der Waals surface area (Å²) in [6.45, 7) is 6.95. The average molecular weight is 336 g/mol. The van der Waals surface area contributed by atoms with Crippen LogP contribution in [-0.2, 0) is 4.79 Å². The first-order valence-corrected chi connectivity index (χ1v) is 9.01. The predicted octanol–water partition coefficient (Wildman–Crippen LogP) is 3.19. The Morgan fingerprint density at radius 2 is 1.88 bits per heavy atom. The van der Waals surface area contributed by atoms with Crippen molar-refractivity contribution in [3.05, 3.63) is 35.9 Å². The lowest BCUT2D eigenvalue weighted by molar-refractivity contribution is -0.136.